The highest BCUT2D eigenvalue weighted by molar-refractivity contribution is 5.85. The van der Waals surface area contributed by atoms with E-state index in [-0.39, 0.29) is 24.3 Å². The minimum absolute atomic E-state index is 0. The fraction of sp³-hybridized carbons (Fsp3) is 0.882. The van der Waals surface area contributed by atoms with E-state index in [4.69, 9.17) is 4.74 Å². The van der Waals surface area contributed by atoms with Crippen molar-refractivity contribution in [1.29, 1.82) is 0 Å². The van der Waals surface area contributed by atoms with Gasteiger partial charge in [-0.05, 0) is 46.2 Å². The SMILES string of the molecule is COC(=O)C(C)(C)CCN1CCCC(C(=O)N2CCNCC2)C1.Cl. The van der Waals surface area contributed by atoms with E-state index < -0.39 is 5.41 Å². The maximum Gasteiger partial charge on any atom is 0.311 e. The summed E-state index contributed by atoms with van der Waals surface area (Å²) in [4.78, 5) is 28.8. The minimum atomic E-state index is -0.468. The molecule has 0 aromatic rings. The molecule has 1 N–H and O–H groups in total. The second kappa shape index (κ2) is 9.59. The molecule has 1 atom stereocenters. The fourth-order valence-electron chi connectivity index (χ4n) is 3.42. The molecule has 2 fully saturated rings. The van der Waals surface area contributed by atoms with Crippen LogP contribution in [-0.2, 0) is 14.3 Å². The lowest BCUT2D eigenvalue weighted by molar-refractivity contribution is -0.151. The second-order valence-corrected chi connectivity index (χ2v) is 7.34. The van der Waals surface area contributed by atoms with Crippen LogP contribution in [0.15, 0.2) is 0 Å². The first-order valence-electron chi connectivity index (χ1n) is 8.74. The third kappa shape index (κ3) is 5.60. The number of nitrogens with one attached hydrogen (secondary N) is 1. The lowest BCUT2D eigenvalue weighted by Gasteiger charge is -2.37. The Kier molecular flexibility index (Phi) is 8.46. The summed E-state index contributed by atoms with van der Waals surface area (Å²) in [6.45, 7) is 9.97. The van der Waals surface area contributed by atoms with Crippen molar-refractivity contribution in [2.24, 2.45) is 11.3 Å². The summed E-state index contributed by atoms with van der Waals surface area (Å²) in [6.07, 6.45) is 2.80. The van der Waals surface area contributed by atoms with Gasteiger partial charge in [0.25, 0.3) is 0 Å². The van der Waals surface area contributed by atoms with Crippen molar-refractivity contribution in [3.05, 3.63) is 0 Å². The summed E-state index contributed by atoms with van der Waals surface area (Å²) >= 11 is 0. The topological polar surface area (TPSA) is 61.9 Å². The third-order valence-electron chi connectivity index (χ3n) is 5.07. The highest BCUT2D eigenvalue weighted by atomic mass is 35.5. The van der Waals surface area contributed by atoms with Crippen LogP contribution in [-0.4, -0.2) is 74.6 Å². The number of methoxy groups -OCH3 is 1. The number of carbonyl (C=O) groups excluding carboxylic acids is 2. The number of carbonyl (C=O) groups is 2. The summed E-state index contributed by atoms with van der Waals surface area (Å²) in [5, 5.41) is 3.29. The number of esters is 1. The molecule has 2 aliphatic heterocycles. The number of piperidine rings is 1. The van der Waals surface area contributed by atoms with Crippen LogP contribution in [0.2, 0.25) is 0 Å². The van der Waals surface area contributed by atoms with Crippen molar-refractivity contribution in [2.75, 3.05) is 52.9 Å². The Hall–Kier alpha value is -0.850. The minimum Gasteiger partial charge on any atom is -0.469 e. The van der Waals surface area contributed by atoms with Crippen LogP contribution < -0.4 is 5.32 Å². The Morgan fingerprint density at radius 3 is 2.50 bits per heavy atom. The molecule has 2 rings (SSSR count). The van der Waals surface area contributed by atoms with E-state index in [0.717, 1.165) is 65.1 Å². The van der Waals surface area contributed by atoms with Gasteiger partial charge in [-0.25, -0.2) is 0 Å². The van der Waals surface area contributed by atoms with Gasteiger partial charge < -0.3 is 19.9 Å². The van der Waals surface area contributed by atoms with E-state index in [0.29, 0.717) is 5.91 Å². The number of rotatable bonds is 5. The zero-order valence-corrected chi connectivity index (χ0v) is 16.0. The third-order valence-corrected chi connectivity index (χ3v) is 5.07. The number of piperazine rings is 1. The first kappa shape index (κ1) is 21.2. The van der Waals surface area contributed by atoms with Gasteiger partial charge in [-0.3, -0.25) is 9.59 Å². The van der Waals surface area contributed by atoms with E-state index in [2.05, 4.69) is 10.2 Å². The predicted octanol–water partition coefficient (Wildman–Crippen LogP) is 1.14. The molecular weight excluding hydrogens is 330 g/mol. The molecule has 2 aliphatic rings. The molecule has 2 saturated heterocycles. The van der Waals surface area contributed by atoms with E-state index in [1.54, 1.807) is 0 Å². The number of halogens is 1. The van der Waals surface area contributed by atoms with Crippen LogP contribution in [0, 0.1) is 11.3 Å². The average molecular weight is 362 g/mol. The van der Waals surface area contributed by atoms with Gasteiger partial charge in [0.15, 0.2) is 0 Å². The predicted molar refractivity (Wildman–Crippen MR) is 96.3 cm³/mol. The molecule has 0 radical (unpaired) electrons. The van der Waals surface area contributed by atoms with Crippen molar-refractivity contribution >= 4 is 24.3 Å². The van der Waals surface area contributed by atoms with Gasteiger partial charge in [0.05, 0.1) is 18.4 Å². The largest absolute Gasteiger partial charge is 0.469 e. The van der Waals surface area contributed by atoms with E-state index in [9.17, 15) is 9.59 Å². The zero-order chi connectivity index (χ0) is 16.9. The molecule has 0 aromatic heterocycles. The number of nitrogens with zero attached hydrogens (tertiary/aromatic N) is 2. The first-order valence-corrected chi connectivity index (χ1v) is 8.74. The standard InChI is InChI=1S/C17H31N3O3.ClH/c1-17(2,16(22)23-3)6-10-19-9-4-5-14(13-19)15(21)20-11-7-18-8-12-20;/h14,18H,4-13H2,1-3H3;1H. The Bertz CT molecular complexity index is 425. The Morgan fingerprint density at radius 1 is 1.21 bits per heavy atom. The first-order chi connectivity index (χ1) is 10.9. The molecule has 1 unspecified atom stereocenters. The van der Waals surface area contributed by atoms with Gasteiger partial charge in [0.1, 0.15) is 0 Å². The molecule has 7 heteroatoms. The van der Waals surface area contributed by atoms with Gasteiger partial charge >= 0.3 is 5.97 Å². The number of hydrogen-bond donors (Lipinski definition) is 1. The van der Waals surface area contributed by atoms with Crippen molar-refractivity contribution in [1.82, 2.24) is 15.1 Å². The van der Waals surface area contributed by atoms with Crippen LogP contribution in [0.1, 0.15) is 33.1 Å². The van der Waals surface area contributed by atoms with Crippen molar-refractivity contribution in [3.63, 3.8) is 0 Å². The van der Waals surface area contributed by atoms with Gasteiger partial charge in [-0.15, -0.1) is 12.4 Å². The zero-order valence-electron chi connectivity index (χ0n) is 15.2. The highest BCUT2D eigenvalue weighted by Gasteiger charge is 2.32. The Morgan fingerprint density at radius 2 is 1.88 bits per heavy atom. The van der Waals surface area contributed by atoms with Crippen molar-refractivity contribution in [2.45, 2.75) is 33.1 Å². The number of likely N-dealkylation sites (tertiary alicyclic amines) is 1. The maximum absolute atomic E-state index is 12.7. The summed E-state index contributed by atoms with van der Waals surface area (Å²) in [5.41, 5.74) is -0.468. The van der Waals surface area contributed by atoms with Crippen LogP contribution in [0.4, 0.5) is 0 Å². The number of ether oxygens (including phenoxy) is 1. The van der Waals surface area contributed by atoms with Crippen LogP contribution >= 0.6 is 12.4 Å². The molecule has 6 nitrogen and oxygen atoms in total. The number of hydrogen-bond acceptors (Lipinski definition) is 5. The molecule has 140 valence electrons. The number of amides is 1. The average Bonchev–Trinajstić information content (AvgIpc) is 2.59. The maximum atomic E-state index is 12.7. The van der Waals surface area contributed by atoms with E-state index in [1.807, 2.05) is 18.7 Å². The highest BCUT2D eigenvalue weighted by Crippen LogP contribution is 2.25. The molecule has 0 bridgehead atoms. The molecule has 0 saturated carbocycles. The Labute approximate surface area is 151 Å². The van der Waals surface area contributed by atoms with Crippen molar-refractivity contribution in [3.8, 4) is 0 Å². The quantitative estimate of drug-likeness (QED) is 0.744. The summed E-state index contributed by atoms with van der Waals surface area (Å²) in [6, 6.07) is 0. The monoisotopic (exact) mass is 361 g/mol. The molecule has 0 aromatic carbocycles. The molecule has 24 heavy (non-hydrogen) atoms. The van der Waals surface area contributed by atoms with Gasteiger partial charge in [-0.2, -0.15) is 0 Å². The summed E-state index contributed by atoms with van der Waals surface area (Å²) < 4.78 is 4.87. The second-order valence-electron chi connectivity index (χ2n) is 7.34. The van der Waals surface area contributed by atoms with Gasteiger partial charge in [0, 0.05) is 32.7 Å². The Balaban J connectivity index is 0.00000288. The van der Waals surface area contributed by atoms with E-state index in [1.165, 1.54) is 7.11 Å². The molecular formula is C17H32ClN3O3. The van der Waals surface area contributed by atoms with Crippen molar-refractivity contribution < 1.29 is 14.3 Å². The summed E-state index contributed by atoms with van der Waals surface area (Å²) in [5.74, 6) is 0.259. The molecule has 0 aliphatic carbocycles. The normalized spacial score (nSPS) is 22.6. The molecule has 1 amide bonds. The lowest BCUT2D eigenvalue weighted by Crippen LogP contribution is -2.51. The fourth-order valence-corrected chi connectivity index (χ4v) is 3.42. The van der Waals surface area contributed by atoms with Crippen LogP contribution in [0.25, 0.3) is 0 Å². The van der Waals surface area contributed by atoms with Gasteiger partial charge in [0.2, 0.25) is 5.91 Å². The summed E-state index contributed by atoms with van der Waals surface area (Å²) in [7, 11) is 1.44. The smallest absolute Gasteiger partial charge is 0.311 e. The van der Waals surface area contributed by atoms with Crippen LogP contribution in [0.3, 0.4) is 0 Å². The molecule has 0 spiro atoms. The van der Waals surface area contributed by atoms with Gasteiger partial charge in [-0.1, -0.05) is 0 Å². The molecule has 2 heterocycles. The van der Waals surface area contributed by atoms with Crippen LogP contribution in [0.5, 0.6) is 0 Å². The lowest BCUT2D eigenvalue weighted by atomic mass is 9.88. The van der Waals surface area contributed by atoms with E-state index >= 15 is 0 Å².